The number of phenolic OH excluding ortho intramolecular Hbond substituents is 1. The average molecular weight is 223 g/mol. The second-order valence-corrected chi connectivity index (χ2v) is 4.37. The molecular formula is C7H7ClO4S. The van der Waals surface area contributed by atoms with Crippen LogP contribution in [0, 0.1) is 6.92 Å². The summed E-state index contributed by atoms with van der Waals surface area (Å²) in [5.74, 6) is -0.480. The molecule has 0 saturated carbocycles. The standard InChI is InChI=1S/C7H7ClO4S/c1-4-2-5(8)3-6(7(4)9)13(10,11)12/h2-3,9H,1H3,(H,10,11,12). The Morgan fingerprint density at radius 1 is 1.38 bits per heavy atom. The van der Waals surface area contributed by atoms with Crippen molar-refractivity contribution in [2.75, 3.05) is 0 Å². The molecule has 0 atom stereocenters. The minimum Gasteiger partial charge on any atom is -0.506 e. The number of rotatable bonds is 1. The Labute approximate surface area is 80.5 Å². The molecule has 0 fully saturated rings. The molecule has 13 heavy (non-hydrogen) atoms. The minimum atomic E-state index is -4.41. The Morgan fingerprint density at radius 2 is 1.92 bits per heavy atom. The van der Waals surface area contributed by atoms with E-state index in [2.05, 4.69) is 0 Å². The fraction of sp³-hybridized carbons (Fsp3) is 0.143. The predicted octanol–water partition coefficient (Wildman–Crippen LogP) is 1.60. The summed E-state index contributed by atoms with van der Waals surface area (Å²) in [5, 5.41) is 9.40. The Bertz CT molecular complexity index is 438. The highest BCUT2D eigenvalue weighted by molar-refractivity contribution is 7.86. The van der Waals surface area contributed by atoms with Crippen molar-refractivity contribution in [1.82, 2.24) is 0 Å². The van der Waals surface area contributed by atoms with Gasteiger partial charge in [-0.15, -0.1) is 0 Å². The highest BCUT2D eigenvalue weighted by atomic mass is 35.5. The molecule has 0 bridgehead atoms. The van der Waals surface area contributed by atoms with E-state index in [4.69, 9.17) is 16.2 Å². The van der Waals surface area contributed by atoms with Crippen molar-refractivity contribution in [2.45, 2.75) is 11.8 Å². The predicted molar refractivity (Wildman–Crippen MR) is 47.7 cm³/mol. The van der Waals surface area contributed by atoms with Gasteiger partial charge in [-0.05, 0) is 24.6 Å². The first-order chi connectivity index (χ1) is 5.82. The zero-order valence-electron chi connectivity index (χ0n) is 6.65. The lowest BCUT2D eigenvalue weighted by atomic mass is 10.2. The number of halogens is 1. The highest BCUT2D eigenvalue weighted by Crippen LogP contribution is 2.29. The van der Waals surface area contributed by atoms with E-state index in [1.807, 2.05) is 0 Å². The zero-order chi connectivity index (χ0) is 10.2. The van der Waals surface area contributed by atoms with Crippen LogP contribution >= 0.6 is 11.6 Å². The van der Waals surface area contributed by atoms with Crippen molar-refractivity contribution in [1.29, 1.82) is 0 Å². The van der Waals surface area contributed by atoms with Crippen LogP contribution in [0.1, 0.15) is 5.56 Å². The van der Waals surface area contributed by atoms with Gasteiger partial charge in [-0.2, -0.15) is 8.42 Å². The molecule has 0 radical (unpaired) electrons. The Morgan fingerprint density at radius 3 is 2.38 bits per heavy atom. The van der Waals surface area contributed by atoms with Gasteiger partial charge >= 0.3 is 0 Å². The van der Waals surface area contributed by atoms with Gasteiger partial charge in [0.1, 0.15) is 10.6 Å². The van der Waals surface area contributed by atoms with Crippen molar-refractivity contribution >= 4 is 21.7 Å². The number of hydrogen-bond donors (Lipinski definition) is 2. The lowest BCUT2D eigenvalue weighted by Gasteiger charge is -2.04. The molecule has 0 aliphatic rings. The fourth-order valence-electron chi connectivity index (χ4n) is 0.901. The summed E-state index contributed by atoms with van der Waals surface area (Å²) >= 11 is 5.54. The van der Waals surface area contributed by atoms with Crippen LogP contribution in [0.15, 0.2) is 17.0 Å². The summed E-state index contributed by atoms with van der Waals surface area (Å²) in [6.07, 6.45) is 0. The number of aromatic hydroxyl groups is 1. The third kappa shape index (κ3) is 2.12. The largest absolute Gasteiger partial charge is 0.506 e. The number of aryl methyl sites for hydroxylation is 1. The molecule has 0 heterocycles. The summed E-state index contributed by atoms with van der Waals surface area (Å²) < 4.78 is 30.1. The van der Waals surface area contributed by atoms with Gasteiger partial charge in [-0.25, -0.2) is 0 Å². The molecule has 0 amide bonds. The topological polar surface area (TPSA) is 74.6 Å². The molecule has 1 rings (SSSR count). The van der Waals surface area contributed by atoms with Crippen LogP contribution in [0.3, 0.4) is 0 Å². The first-order valence-corrected chi connectivity index (χ1v) is 5.11. The van der Waals surface area contributed by atoms with E-state index >= 15 is 0 Å². The van der Waals surface area contributed by atoms with Gasteiger partial charge in [-0.1, -0.05) is 11.6 Å². The maximum atomic E-state index is 10.7. The average Bonchev–Trinajstić information content (AvgIpc) is 1.94. The summed E-state index contributed by atoms with van der Waals surface area (Å²) in [4.78, 5) is -0.572. The van der Waals surface area contributed by atoms with Gasteiger partial charge in [0.25, 0.3) is 10.1 Å². The Balaban J connectivity index is 3.56. The monoisotopic (exact) mass is 222 g/mol. The fourth-order valence-corrected chi connectivity index (χ4v) is 1.92. The maximum Gasteiger partial charge on any atom is 0.298 e. The van der Waals surface area contributed by atoms with E-state index in [0.29, 0.717) is 5.56 Å². The molecule has 0 aromatic heterocycles. The number of benzene rings is 1. The minimum absolute atomic E-state index is 0.142. The van der Waals surface area contributed by atoms with Crippen molar-refractivity contribution < 1.29 is 18.1 Å². The molecule has 4 nitrogen and oxygen atoms in total. The second kappa shape index (κ2) is 3.17. The first-order valence-electron chi connectivity index (χ1n) is 3.29. The van der Waals surface area contributed by atoms with Crippen LogP contribution < -0.4 is 0 Å². The second-order valence-electron chi connectivity index (χ2n) is 2.54. The van der Waals surface area contributed by atoms with Crippen LogP contribution in [0.25, 0.3) is 0 Å². The quantitative estimate of drug-likeness (QED) is 0.708. The van der Waals surface area contributed by atoms with Gasteiger partial charge in [0, 0.05) is 5.02 Å². The van der Waals surface area contributed by atoms with Crippen LogP contribution in [-0.2, 0) is 10.1 Å². The highest BCUT2D eigenvalue weighted by Gasteiger charge is 2.17. The summed E-state index contributed by atoms with van der Waals surface area (Å²) in [6, 6.07) is 2.38. The molecule has 72 valence electrons. The van der Waals surface area contributed by atoms with Crippen LogP contribution in [0.4, 0.5) is 0 Å². The van der Waals surface area contributed by atoms with E-state index in [1.165, 1.54) is 13.0 Å². The molecule has 0 aliphatic carbocycles. The molecule has 0 spiro atoms. The van der Waals surface area contributed by atoms with E-state index < -0.39 is 20.8 Å². The van der Waals surface area contributed by atoms with E-state index in [1.54, 1.807) is 0 Å². The van der Waals surface area contributed by atoms with Crippen LogP contribution in [-0.4, -0.2) is 18.1 Å². The summed E-state index contributed by atoms with van der Waals surface area (Å²) in [5.41, 5.74) is 0.292. The molecule has 0 aliphatic heterocycles. The van der Waals surface area contributed by atoms with Crippen molar-refractivity contribution in [3.8, 4) is 5.75 Å². The van der Waals surface area contributed by atoms with Gasteiger partial charge in [-0.3, -0.25) is 4.55 Å². The van der Waals surface area contributed by atoms with Gasteiger partial charge in [0.15, 0.2) is 0 Å². The molecule has 1 aromatic rings. The Kier molecular flexibility index (Phi) is 2.51. The lowest BCUT2D eigenvalue weighted by molar-refractivity contribution is 0.440. The van der Waals surface area contributed by atoms with Crippen LogP contribution in [0.5, 0.6) is 5.75 Å². The third-order valence-electron chi connectivity index (χ3n) is 1.51. The maximum absolute atomic E-state index is 10.7. The SMILES string of the molecule is Cc1cc(Cl)cc(S(=O)(=O)O)c1O. The van der Waals surface area contributed by atoms with E-state index in [9.17, 15) is 13.5 Å². The first kappa shape index (κ1) is 10.3. The number of hydrogen-bond acceptors (Lipinski definition) is 3. The number of phenols is 1. The lowest BCUT2D eigenvalue weighted by Crippen LogP contribution is -1.99. The summed E-state index contributed by atoms with van der Waals surface area (Å²) in [7, 11) is -4.41. The molecular weight excluding hydrogens is 216 g/mol. The van der Waals surface area contributed by atoms with E-state index in [0.717, 1.165) is 6.07 Å². The molecule has 0 unspecified atom stereocenters. The van der Waals surface area contributed by atoms with Gasteiger partial charge in [0.05, 0.1) is 0 Å². The molecule has 1 aromatic carbocycles. The Hall–Kier alpha value is -0.780. The third-order valence-corrected chi connectivity index (χ3v) is 2.59. The molecule has 6 heteroatoms. The zero-order valence-corrected chi connectivity index (χ0v) is 8.22. The van der Waals surface area contributed by atoms with Crippen molar-refractivity contribution in [2.24, 2.45) is 0 Å². The molecule has 0 saturated heterocycles. The van der Waals surface area contributed by atoms with Gasteiger partial charge in [0.2, 0.25) is 0 Å². The van der Waals surface area contributed by atoms with Crippen molar-refractivity contribution in [3.63, 3.8) is 0 Å². The summed E-state index contributed by atoms with van der Waals surface area (Å²) in [6.45, 7) is 1.48. The normalized spacial score (nSPS) is 11.6. The smallest absolute Gasteiger partial charge is 0.298 e. The van der Waals surface area contributed by atoms with E-state index in [-0.39, 0.29) is 5.02 Å². The molecule has 2 N–H and O–H groups in total. The van der Waals surface area contributed by atoms with Crippen LogP contribution in [0.2, 0.25) is 5.02 Å². The van der Waals surface area contributed by atoms with Gasteiger partial charge < -0.3 is 5.11 Å². The van der Waals surface area contributed by atoms with Crippen molar-refractivity contribution in [3.05, 3.63) is 22.7 Å².